The van der Waals surface area contributed by atoms with Crippen LogP contribution in [0.15, 0.2) is 22.7 Å². The summed E-state index contributed by atoms with van der Waals surface area (Å²) in [4.78, 5) is 10.9. The Labute approximate surface area is 102 Å². The lowest BCUT2D eigenvalue weighted by Crippen LogP contribution is -2.29. The molecule has 1 atom stereocenters. The molecule has 1 aromatic rings. The van der Waals surface area contributed by atoms with Crippen LogP contribution in [-0.4, -0.2) is 17.1 Å². The van der Waals surface area contributed by atoms with Gasteiger partial charge >= 0.3 is 5.97 Å². The van der Waals surface area contributed by atoms with E-state index in [1.165, 1.54) is 12.1 Å². The summed E-state index contributed by atoms with van der Waals surface area (Å²) in [5.74, 6) is -1.33. The maximum Gasteiger partial charge on any atom is 0.326 e. The van der Waals surface area contributed by atoms with Crippen molar-refractivity contribution in [3.8, 4) is 0 Å². The number of carboxylic acids is 1. The van der Waals surface area contributed by atoms with E-state index in [4.69, 9.17) is 5.11 Å². The van der Waals surface area contributed by atoms with Crippen molar-refractivity contribution in [1.29, 1.82) is 0 Å². The number of rotatable bonds is 5. The number of halogens is 2. The fourth-order valence-corrected chi connectivity index (χ4v) is 1.70. The van der Waals surface area contributed by atoms with Gasteiger partial charge in [0.2, 0.25) is 0 Å². The Kier molecular flexibility index (Phi) is 4.73. The molecule has 0 amide bonds. The number of hydrogen-bond donors (Lipinski definition) is 2. The summed E-state index contributed by atoms with van der Waals surface area (Å²) in [5, 5.41) is 11.8. The highest BCUT2D eigenvalue weighted by atomic mass is 79.9. The van der Waals surface area contributed by atoms with Gasteiger partial charge in [0.1, 0.15) is 11.9 Å². The zero-order chi connectivity index (χ0) is 12.1. The van der Waals surface area contributed by atoms with Crippen LogP contribution < -0.4 is 5.32 Å². The van der Waals surface area contributed by atoms with Crippen LogP contribution in [0.3, 0.4) is 0 Å². The van der Waals surface area contributed by atoms with E-state index in [0.717, 1.165) is 6.42 Å². The highest BCUT2D eigenvalue weighted by molar-refractivity contribution is 9.10. The average molecular weight is 290 g/mol. The number of benzene rings is 1. The van der Waals surface area contributed by atoms with Crippen molar-refractivity contribution in [1.82, 2.24) is 0 Å². The number of carboxylic acid groups (broad SMARTS) is 1. The molecule has 0 heterocycles. The van der Waals surface area contributed by atoms with Crippen LogP contribution in [0, 0.1) is 5.82 Å². The van der Waals surface area contributed by atoms with E-state index in [1.807, 2.05) is 6.92 Å². The molecule has 1 aromatic carbocycles. The molecule has 0 bridgehead atoms. The van der Waals surface area contributed by atoms with Crippen molar-refractivity contribution in [3.05, 3.63) is 28.5 Å². The standard InChI is InChI=1S/C11H13BrFNO2/c1-2-3-9(11(15)16)14-10-6-7(13)4-5-8(10)12/h4-6,9,14H,2-3H2,1H3,(H,15,16). The maximum atomic E-state index is 13.0. The molecule has 0 aliphatic carbocycles. The number of hydrogen-bond acceptors (Lipinski definition) is 2. The molecule has 5 heteroatoms. The molecule has 0 aromatic heterocycles. The second-order valence-corrected chi connectivity index (χ2v) is 4.30. The lowest BCUT2D eigenvalue weighted by atomic mass is 10.1. The predicted octanol–water partition coefficient (Wildman–Crippen LogP) is 3.25. The Balaban J connectivity index is 2.84. The minimum atomic E-state index is -0.932. The van der Waals surface area contributed by atoms with Crippen LogP contribution in [-0.2, 0) is 4.79 Å². The Bertz CT molecular complexity index is 384. The van der Waals surface area contributed by atoms with Gasteiger partial charge in [-0.05, 0) is 40.5 Å². The largest absolute Gasteiger partial charge is 0.480 e. The van der Waals surface area contributed by atoms with Crippen molar-refractivity contribution in [2.24, 2.45) is 0 Å². The van der Waals surface area contributed by atoms with Crippen LogP contribution in [0.2, 0.25) is 0 Å². The van der Waals surface area contributed by atoms with Crippen molar-refractivity contribution in [2.45, 2.75) is 25.8 Å². The number of aliphatic carboxylic acids is 1. The van der Waals surface area contributed by atoms with Gasteiger partial charge in [-0.15, -0.1) is 0 Å². The van der Waals surface area contributed by atoms with Gasteiger partial charge in [0.25, 0.3) is 0 Å². The van der Waals surface area contributed by atoms with Crippen molar-refractivity contribution >= 4 is 27.6 Å². The first-order valence-corrected chi connectivity index (χ1v) is 5.78. The van der Waals surface area contributed by atoms with E-state index in [-0.39, 0.29) is 0 Å². The van der Waals surface area contributed by atoms with Gasteiger partial charge in [0, 0.05) is 4.47 Å². The molecule has 2 N–H and O–H groups in total. The maximum absolute atomic E-state index is 13.0. The third-order valence-corrected chi connectivity index (χ3v) is 2.83. The quantitative estimate of drug-likeness (QED) is 0.875. The van der Waals surface area contributed by atoms with E-state index >= 15 is 0 Å². The monoisotopic (exact) mass is 289 g/mol. The molecular weight excluding hydrogens is 277 g/mol. The molecule has 0 radical (unpaired) electrons. The van der Waals surface area contributed by atoms with Gasteiger partial charge in [-0.2, -0.15) is 0 Å². The molecule has 3 nitrogen and oxygen atoms in total. The van der Waals surface area contributed by atoms with Gasteiger partial charge in [-0.25, -0.2) is 9.18 Å². The van der Waals surface area contributed by atoms with E-state index in [2.05, 4.69) is 21.2 Å². The molecule has 16 heavy (non-hydrogen) atoms. The summed E-state index contributed by atoms with van der Waals surface area (Å²) >= 11 is 3.24. The van der Waals surface area contributed by atoms with Gasteiger partial charge in [0.05, 0.1) is 5.69 Å². The van der Waals surface area contributed by atoms with Crippen LogP contribution in [0.1, 0.15) is 19.8 Å². The van der Waals surface area contributed by atoms with Gasteiger partial charge in [-0.3, -0.25) is 0 Å². The van der Waals surface area contributed by atoms with Gasteiger partial charge < -0.3 is 10.4 Å². The summed E-state index contributed by atoms with van der Waals surface area (Å²) < 4.78 is 13.6. The first-order chi connectivity index (χ1) is 7.54. The lowest BCUT2D eigenvalue weighted by Gasteiger charge is -2.16. The number of nitrogens with one attached hydrogen (secondary N) is 1. The Hall–Kier alpha value is -1.10. The lowest BCUT2D eigenvalue weighted by molar-refractivity contribution is -0.138. The Morgan fingerprint density at radius 3 is 2.88 bits per heavy atom. The van der Waals surface area contributed by atoms with E-state index < -0.39 is 17.8 Å². The number of anilines is 1. The minimum Gasteiger partial charge on any atom is -0.480 e. The molecule has 0 spiro atoms. The van der Waals surface area contributed by atoms with Crippen molar-refractivity contribution in [3.63, 3.8) is 0 Å². The summed E-state index contributed by atoms with van der Waals surface area (Å²) in [7, 11) is 0. The fraction of sp³-hybridized carbons (Fsp3) is 0.364. The summed E-state index contributed by atoms with van der Waals surface area (Å²) in [6, 6.07) is 3.44. The fourth-order valence-electron chi connectivity index (χ4n) is 1.34. The highest BCUT2D eigenvalue weighted by Gasteiger charge is 2.17. The summed E-state index contributed by atoms with van der Waals surface area (Å²) in [5.41, 5.74) is 0.459. The molecule has 0 aliphatic heterocycles. The molecule has 0 aliphatic rings. The summed E-state index contributed by atoms with van der Waals surface area (Å²) in [6.07, 6.45) is 1.25. The first kappa shape index (κ1) is 13.0. The van der Waals surface area contributed by atoms with Gasteiger partial charge in [-0.1, -0.05) is 13.3 Å². The molecule has 1 rings (SSSR count). The average Bonchev–Trinajstić information content (AvgIpc) is 2.22. The predicted molar refractivity (Wildman–Crippen MR) is 64.1 cm³/mol. The first-order valence-electron chi connectivity index (χ1n) is 4.99. The molecule has 0 saturated carbocycles. The molecule has 1 unspecified atom stereocenters. The Morgan fingerprint density at radius 2 is 2.31 bits per heavy atom. The SMILES string of the molecule is CCCC(Nc1cc(F)ccc1Br)C(=O)O. The molecule has 88 valence electrons. The van der Waals surface area contributed by atoms with E-state index in [0.29, 0.717) is 16.6 Å². The van der Waals surface area contributed by atoms with Crippen molar-refractivity contribution < 1.29 is 14.3 Å². The highest BCUT2D eigenvalue weighted by Crippen LogP contribution is 2.24. The third kappa shape index (κ3) is 3.48. The van der Waals surface area contributed by atoms with Crippen LogP contribution >= 0.6 is 15.9 Å². The molecule has 0 saturated heterocycles. The van der Waals surface area contributed by atoms with Crippen LogP contribution in [0.5, 0.6) is 0 Å². The van der Waals surface area contributed by atoms with Crippen LogP contribution in [0.4, 0.5) is 10.1 Å². The van der Waals surface area contributed by atoms with Crippen LogP contribution in [0.25, 0.3) is 0 Å². The molecule has 0 fully saturated rings. The zero-order valence-corrected chi connectivity index (χ0v) is 10.4. The second-order valence-electron chi connectivity index (χ2n) is 3.45. The third-order valence-electron chi connectivity index (χ3n) is 2.13. The van der Waals surface area contributed by atoms with E-state index in [9.17, 15) is 9.18 Å². The topological polar surface area (TPSA) is 49.3 Å². The number of carbonyl (C=O) groups is 1. The summed E-state index contributed by atoms with van der Waals surface area (Å²) in [6.45, 7) is 1.90. The zero-order valence-electron chi connectivity index (χ0n) is 8.84. The molecular formula is C11H13BrFNO2. The normalized spacial score (nSPS) is 12.2. The minimum absolute atomic E-state index is 0.397. The second kappa shape index (κ2) is 5.84. The van der Waals surface area contributed by atoms with Gasteiger partial charge in [0.15, 0.2) is 0 Å². The Morgan fingerprint density at radius 1 is 1.62 bits per heavy atom. The van der Waals surface area contributed by atoms with E-state index in [1.54, 1.807) is 6.07 Å². The van der Waals surface area contributed by atoms with Crippen molar-refractivity contribution in [2.75, 3.05) is 5.32 Å². The smallest absolute Gasteiger partial charge is 0.326 e.